The number of benzene rings is 1. The van der Waals surface area contributed by atoms with E-state index < -0.39 is 0 Å². The van der Waals surface area contributed by atoms with Crippen LogP contribution < -0.4 is 10.6 Å². The third kappa shape index (κ3) is 4.50. The molecule has 1 aromatic rings. The Hall–Kier alpha value is -1.06. The summed E-state index contributed by atoms with van der Waals surface area (Å²) in [6, 6.07) is 8.76. The number of rotatable bonds is 3. The van der Waals surface area contributed by atoms with Gasteiger partial charge in [0.05, 0.1) is 6.42 Å². The Morgan fingerprint density at radius 2 is 1.95 bits per heavy atom. The maximum atomic E-state index is 12.1. The molecule has 1 aliphatic heterocycles. The van der Waals surface area contributed by atoms with Crippen molar-refractivity contribution in [3.63, 3.8) is 0 Å². The summed E-state index contributed by atoms with van der Waals surface area (Å²) >= 11 is 0. The smallest absolute Gasteiger partial charge is 0.224 e. The van der Waals surface area contributed by atoms with Gasteiger partial charge in [-0.25, -0.2) is 0 Å². The molecular weight excluding hydrogens is 272 g/mol. The van der Waals surface area contributed by atoms with Gasteiger partial charge in [0.15, 0.2) is 0 Å². The maximum Gasteiger partial charge on any atom is 0.224 e. The Morgan fingerprint density at radius 1 is 1.30 bits per heavy atom. The number of piperidine rings is 1. The summed E-state index contributed by atoms with van der Waals surface area (Å²) in [5.41, 5.74) is 2.30. The second kappa shape index (κ2) is 7.65. The molecule has 3 nitrogen and oxygen atoms in total. The molecule has 0 aromatic heterocycles. The van der Waals surface area contributed by atoms with Gasteiger partial charge < -0.3 is 10.6 Å². The minimum atomic E-state index is 0. The molecule has 20 heavy (non-hydrogen) atoms. The molecule has 4 heteroatoms. The van der Waals surface area contributed by atoms with E-state index in [0.717, 1.165) is 18.5 Å². The Labute approximate surface area is 127 Å². The predicted molar refractivity (Wildman–Crippen MR) is 85.3 cm³/mol. The summed E-state index contributed by atoms with van der Waals surface area (Å²) in [7, 11) is 0. The fourth-order valence-electron chi connectivity index (χ4n) is 2.73. The molecule has 0 aliphatic carbocycles. The molecule has 1 fully saturated rings. The van der Waals surface area contributed by atoms with Gasteiger partial charge >= 0.3 is 0 Å². The molecule has 1 aromatic carbocycles. The Bertz CT molecular complexity index is 423. The van der Waals surface area contributed by atoms with E-state index in [0.29, 0.717) is 18.4 Å². The van der Waals surface area contributed by atoms with E-state index in [1.807, 2.05) is 12.1 Å². The number of amides is 1. The minimum Gasteiger partial charge on any atom is -0.351 e. The normalized spacial score (nSPS) is 25.6. The largest absolute Gasteiger partial charge is 0.351 e. The zero-order chi connectivity index (χ0) is 13.8. The van der Waals surface area contributed by atoms with Crippen LogP contribution >= 0.6 is 12.4 Å². The molecule has 2 N–H and O–H groups in total. The second-order valence-corrected chi connectivity index (χ2v) is 5.76. The van der Waals surface area contributed by atoms with E-state index in [1.165, 1.54) is 5.56 Å². The van der Waals surface area contributed by atoms with E-state index in [4.69, 9.17) is 0 Å². The lowest BCUT2D eigenvalue weighted by Crippen LogP contribution is -2.56. The molecule has 0 spiro atoms. The lowest BCUT2D eigenvalue weighted by Gasteiger charge is -2.36. The molecule has 112 valence electrons. The van der Waals surface area contributed by atoms with Crippen molar-refractivity contribution in [1.29, 1.82) is 0 Å². The van der Waals surface area contributed by atoms with Gasteiger partial charge in [-0.05, 0) is 38.3 Å². The standard InChI is InChI=1S/C16H24N2O.ClH/c1-11-4-6-14(7-5-11)10-15(19)18-16-12(2)8-9-17-13(16)3;/h4-7,12-13,16-17H,8-10H2,1-3H3,(H,18,19);1H. The average molecular weight is 297 g/mol. The van der Waals surface area contributed by atoms with Crippen LogP contribution in [0.15, 0.2) is 24.3 Å². The summed E-state index contributed by atoms with van der Waals surface area (Å²) in [5, 5.41) is 6.60. The molecule has 0 radical (unpaired) electrons. The van der Waals surface area contributed by atoms with Crippen molar-refractivity contribution in [2.24, 2.45) is 5.92 Å². The zero-order valence-electron chi connectivity index (χ0n) is 12.5. The lowest BCUT2D eigenvalue weighted by atomic mass is 9.89. The van der Waals surface area contributed by atoms with E-state index in [2.05, 4.69) is 43.5 Å². The van der Waals surface area contributed by atoms with Crippen LogP contribution in [0.1, 0.15) is 31.4 Å². The van der Waals surface area contributed by atoms with Gasteiger partial charge in [-0.2, -0.15) is 0 Å². The molecule has 1 heterocycles. The van der Waals surface area contributed by atoms with Crippen LogP contribution in [0.25, 0.3) is 0 Å². The number of hydrogen-bond donors (Lipinski definition) is 2. The third-order valence-corrected chi connectivity index (χ3v) is 4.03. The van der Waals surface area contributed by atoms with Crippen LogP contribution in [0.2, 0.25) is 0 Å². The van der Waals surface area contributed by atoms with Crippen LogP contribution in [0.3, 0.4) is 0 Å². The minimum absolute atomic E-state index is 0. The van der Waals surface area contributed by atoms with Gasteiger partial charge in [-0.15, -0.1) is 12.4 Å². The first-order valence-corrected chi connectivity index (χ1v) is 7.14. The predicted octanol–water partition coefficient (Wildman–Crippen LogP) is 2.46. The summed E-state index contributed by atoms with van der Waals surface area (Å²) in [4.78, 5) is 12.1. The van der Waals surface area contributed by atoms with Crippen molar-refractivity contribution in [2.75, 3.05) is 6.54 Å². The van der Waals surface area contributed by atoms with Crippen LogP contribution in [-0.4, -0.2) is 24.5 Å². The van der Waals surface area contributed by atoms with Crippen molar-refractivity contribution in [3.05, 3.63) is 35.4 Å². The van der Waals surface area contributed by atoms with Crippen molar-refractivity contribution < 1.29 is 4.79 Å². The van der Waals surface area contributed by atoms with E-state index in [-0.39, 0.29) is 24.4 Å². The SMILES string of the molecule is Cc1ccc(CC(=O)NC2C(C)CCNC2C)cc1.Cl. The highest BCUT2D eigenvalue weighted by Gasteiger charge is 2.28. The second-order valence-electron chi connectivity index (χ2n) is 5.76. The summed E-state index contributed by atoms with van der Waals surface area (Å²) in [6.07, 6.45) is 1.59. The Kier molecular flexibility index (Phi) is 6.50. The molecule has 1 aliphatic rings. The molecule has 3 atom stereocenters. The van der Waals surface area contributed by atoms with Gasteiger partial charge in [0.1, 0.15) is 0 Å². The number of hydrogen-bond acceptors (Lipinski definition) is 2. The molecule has 2 rings (SSSR count). The quantitative estimate of drug-likeness (QED) is 0.900. The van der Waals surface area contributed by atoms with Crippen molar-refractivity contribution >= 4 is 18.3 Å². The first-order valence-electron chi connectivity index (χ1n) is 7.14. The number of carbonyl (C=O) groups excluding carboxylic acids is 1. The fraction of sp³-hybridized carbons (Fsp3) is 0.562. The van der Waals surface area contributed by atoms with E-state index in [1.54, 1.807) is 0 Å². The molecule has 0 saturated carbocycles. The van der Waals surface area contributed by atoms with Crippen LogP contribution in [-0.2, 0) is 11.2 Å². The third-order valence-electron chi connectivity index (χ3n) is 4.03. The first-order chi connectivity index (χ1) is 9.06. The number of nitrogens with one attached hydrogen (secondary N) is 2. The van der Waals surface area contributed by atoms with Crippen LogP contribution in [0.5, 0.6) is 0 Å². The Balaban J connectivity index is 0.00000200. The molecular formula is C16H25ClN2O. The maximum absolute atomic E-state index is 12.1. The van der Waals surface area contributed by atoms with Gasteiger partial charge in [0, 0.05) is 12.1 Å². The highest BCUT2D eigenvalue weighted by atomic mass is 35.5. The monoisotopic (exact) mass is 296 g/mol. The van der Waals surface area contributed by atoms with Crippen molar-refractivity contribution in [1.82, 2.24) is 10.6 Å². The van der Waals surface area contributed by atoms with Gasteiger partial charge in [0.25, 0.3) is 0 Å². The van der Waals surface area contributed by atoms with Gasteiger partial charge in [-0.1, -0.05) is 36.8 Å². The molecule has 1 saturated heterocycles. The summed E-state index contributed by atoms with van der Waals surface area (Å²) < 4.78 is 0. The highest BCUT2D eigenvalue weighted by molar-refractivity contribution is 5.85. The average Bonchev–Trinajstić information content (AvgIpc) is 2.37. The molecule has 0 bridgehead atoms. The molecule has 3 unspecified atom stereocenters. The van der Waals surface area contributed by atoms with Crippen LogP contribution in [0.4, 0.5) is 0 Å². The summed E-state index contributed by atoms with van der Waals surface area (Å²) in [5.74, 6) is 0.662. The van der Waals surface area contributed by atoms with Gasteiger partial charge in [-0.3, -0.25) is 4.79 Å². The van der Waals surface area contributed by atoms with Crippen molar-refractivity contribution in [2.45, 2.75) is 45.7 Å². The fourth-order valence-corrected chi connectivity index (χ4v) is 2.73. The lowest BCUT2D eigenvalue weighted by molar-refractivity contribution is -0.121. The zero-order valence-corrected chi connectivity index (χ0v) is 13.3. The Morgan fingerprint density at radius 3 is 2.55 bits per heavy atom. The topological polar surface area (TPSA) is 41.1 Å². The van der Waals surface area contributed by atoms with E-state index >= 15 is 0 Å². The summed E-state index contributed by atoms with van der Waals surface area (Å²) in [6.45, 7) is 7.47. The number of halogens is 1. The van der Waals surface area contributed by atoms with Gasteiger partial charge in [0.2, 0.25) is 5.91 Å². The highest BCUT2D eigenvalue weighted by Crippen LogP contribution is 2.16. The molecule has 1 amide bonds. The number of carbonyl (C=O) groups is 1. The van der Waals surface area contributed by atoms with Crippen LogP contribution in [0, 0.1) is 12.8 Å². The number of aryl methyl sites for hydroxylation is 1. The van der Waals surface area contributed by atoms with Crippen molar-refractivity contribution in [3.8, 4) is 0 Å². The first kappa shape index (κ1) is 17.0. The van der Waals surface area contributed by atoms with E-state index in [9.17, 15) is 4.79 Å².